The number of ether oxygens (including phenoxy) is 1. The van der Waals surface area contributed by atoms with Crippen LogP contribution in [0.5, 0.6) is 0 Å². The lowest BCUT2D eigenvalue weighted by Crippen LogP contribution is -2.24. The van der Waals surface area contributed by atoms with Crippen LogP contribution in [-0.4, -0.2) is 20.1 Å². The summed E-state index contributed by atoms with van der Waals surface area (Å²) in [5.41, 5.74) is -1.23. The standard InChI is InChI=1S/C7H11BF3O2/c1-7(2,6(12)13-3)4-5-8(9,10)11/h4-5H,1-3H3/q-1/b5-4+. The Morgan fingerprint density at radius 1 is 1.38 bits per heavy atom. The van der Waals surface area contributed by atoms with Gasteiger partial charge in [0.15, 0.2) is 0 Å². The molecule has 0 saturated carbocycles. The molecule has 0 heterocycles. The maximum atomic E-state index is 11.8. The Hall–Kier alpha value is -0.935. The van der Waals surface area contributed by atoms with E-state index in [-0.39, 0.29) is 5.98 Å². The number of hydrogen-bond acceptors (Lipinski definition) is 2. The third-order valence-corrected chi connectivity index (χ3v) is 1.44. The van der Waals surface area contributed by atoms with Crippen LogP contribution in [0.25, 0.3) is 0 Å². The Kier molecular flexibility index (Phi) is 3.57. The Morgan fingerprint density at radius 2 is 1.85 bits per heavy atom. The molecular formula is C7H11BF3O2-. The van der Waals surface area contributed by atoms with Crippen LogP contribution in [0.15, 0.2) is 12.1 Å². The molecule has 0 aliphatic carbocycles. The molecule has 0 saturated heterocycles. The van der Waals surface area contributed by atoms with Crippen molar-refractivity contribution in [2.75, 3.05) is 7.11 Å². The van der Waals surface area contributed by atoms with Gasteiger partial charge in [0.1, 0.15) is 0 Å². The molecule has 0 N–H and O–H groups in total. The largest absolute Gasteiger partial charge is 0.502 e. The van der Waals surface area contributed by atoms with Gasteiger partial charge < -0.3 is 17.7 Å². The van der Waals surface area contributed by atoms with Crippen LogP contribution >= 0.6 is 0 Å². The molecule has 0 aliphatic rings. The van der Waals surface area contributed by atoms with Crippen molar-refractivity contribution in [2.45, 2.75) is 13.8 Å². The highest BCUT2D eigenvalue weighted by molar-refractivity contribution is 6.64. The molecule has 0 rings (SSSR count). The van der Waals surface area contributed by atoms with Gasteiger partial charge in [0.05, 0.1) is 12.5 Å². The Bertz CT molecular complexity index is 220. The van der Waals surface area contributed by atoms with Gasteiger partial charge in [-0.1, -0.05) is 0 Å². The van der Waals surface area contributed by atoms with E-state index in [9.17, 15) is 17.7 Å². The minimum Gasteiger partial charge on any atom is -0.468 e. The van der Waals surface area contributed by atoms with Gasteiger partial charge >= 0.3 is 12.9 Å². The van der Waals surface area contributed by atoms with Gasteiger partial charge in [-0.05, 0) is 13.8 Å². The zero-order valence-corrected chi connectivity index (χ0v) is 7.68. The van der Waals surface area contributed by atoms with E-state index in [1.807, 2.05) is 0 Å². The number of carbonyl (C=O) groups excluding carboxylic acids is 1. The lowest BCUT2D eigenvalue weighted by atomic mass is 9.84. The van der Waals surface area contributed by atoms with Crippen LogP contribution in [-0.2, 0) is 9.53 Å². The fourth-order valence-corrected chi connectivity index (χ4v) is 0.681. The maximum Gasteiger partial charge on any atom is 0.502 e. The number of methoxy groups -OCH3 is 1. The van der Waals surface area contributed by atoms with Crippen molar-refractivity contribution in [3.8, 4) is 0 Å². The smallest absolute Gasteiger partial charge is 0.468 e. The first-order valence-electron chi connectivity index (χ1n) is 3.68. The summed E-state index contributed by atoms with van der Waals surface area (Å²) in [5.74, 6) is -0.597. The van der Waals surface area contributed by atoms with Gasteiger partial charge in [-0.2, -0.15) is 0 Å². The van der Waals surface area contributed by atoms with Crippen molar-refractivity contribution in [1.29, 1.82) is 0 Å². The fourth-order valence-electron chi connectivity index (χ4n) is 0.681. The predicted octanol–water partition coefficient (Wildman–Crippen LogP) is 2.13. The third-order valence-electron chi connectivity index (χ3n) is 1.44. The molecule has 0 spiro atoms. The Labute approximate surface area is 74.8 Å². The summed E-state index contributed by atoms with van der Waals surface area (Å²) in [4.78, 5) is 10.9. The average Bonchev–Trinajstić information content (AvgIpc) is 1.98. The zero-order valence-electron chi connectivity index (χ0n) is 7.68. The van der Waals surface area contributed by atoms with Crippen LogP contribution in [0.4, 0.5) is 12.9 Å². The molecule has 0 radical (unpaired) electrons. The lowest BCUT2D eigenvalue weighted by Gasteiger charge is -2.18. The molecule has 0 aromatic rings. The fraction of sp³-hybridized carbons (Fsp3) is 0.571. The van der Waals surface area contributed by atoms with Crippen molar-refractivity contribution in [1.82, 2.24) is 0 Å². The highest BCUT2D eigenvalue weighted by Gasteiger charge is 2.27. The number of halogens is 3. The van der Waals surface area contributed by atoms with E-state index in [1.165, 1.54) is 13.8 Å². The summed E-state index contributed by atoms with van der Waals surface area (Å²) < 4.78 is 39.7. The van der Waals surface area contributed by atoms with Gasteiger partial charge in [-0.15, -0.1) is 12.1 Å². The summed E-state index contributed by atoms with van der Waals surface area (Å²) in [6, 6.07) is 0. The van der Waals surface area contributed by atoms with E-state index >= 15 is 0 Å². The number of esters is 1. The van der Waals surface area contributed by atoms with Gasteiger partial charge in [0, 0.05) is 0 Å². The summed E-state index contributed by atoms with van der Waals surface area (Å²) in [5, 5.41) is 0. The lowest BCUT2D eigenvalue weighted by molar-refractivity contribution is -0.148. The number of carbonyl (C=O) groups is 1. The number of hydrogen-bond donors (Lipinski definition) is 0. The molecule has 0 aromatic carbocycles. The third kappa shape index (κ3) is 4.60. The molecule has 76 valence electrons. The minimum absolute atomic E-state index is 0.0942. The summed E-state index contributed by atoms with van der Waals surface area (Å²) in [6.45, 7) is -2.27. The van der Waals surface area contributed by atoms with E-state index in [2.05, 4.69) is 4.74 Å². The van der Waals surface area contributed by atoms with Crippen molar-refractivity contribution < 1.29 is 22.5 Å². The summed E-state index contributed by atoms with van der Waals surface area (Å²) in [6.07, 6.45) is 0.804. The van der Waals surface area contributed by atoms with Crippen LogP contribution < -0.4 is 0 Å². The van der Waals surface area contributed by atoms with Crippen LogP contribution in [0, 0.1) is 5.41 Å². The molecule has 13 heavy (non-hydrogen) atoms. The molecule has 0 amide bonds. The van der Waals surface area contributed by atoms with Gasteiger partial charge in [0.25, 0.3) is 0 Å². The molecule has 2 nitrogen and oxygen atoms in total. The van der Waals surface area contributed by atoms with E-state index < -0.39 is 18.4 Å². The normalized spacial score (nSPS) is 13.4. The monoisotopic (exact) mass is 195 g/mol. The van der Waals surface area contributed by atoms with E-state index in [0.29, 0.717) is 0 Å². The molecule has 0 aliphatic heterocycles. The average molecular weight is 195 g/mol. The van der Waals surface area contributed by atoms with E-state index in [4.69, 9.17) is 0 Å². The topological polar surface area (TPSA) is 26.3 Å². The molecule has 0 atom stereocenters. The second-order valence-corrected chi connectivity index (χ2v) is 3.20. The number of rotatable bonds is 3. The van der Waals surface area contributed by atoms with Crippen molar-refractivity contribution in [2.24, 2.45) is 5.41 Å². The van der Waals surface area contributed by atoms with Crippen molar-refractivity contribution in [3.63, 3.8) is 0 Å². The first-order valence-corrected chi connectivity index (χ1v) is 3.68. The van der Waals surface area contributed by atoms with Crippen LogP contribution in [0.2, 0.25) is 0 Å². The second-order valence-electron chi connectivity index (χ2n) is 3.20. The molecule has 0 unspecified atom stereocenters. The molecular weight excluding hydrogens is 184 g/mol. The van der Waals surface area contributed by atoms with Crippen molar-refractivity contribution in [3.05, 3.63) is 12.1 Å². The van der Waals surface area contributed by atoms with Crippen molar-refractivity contribution >= 4 is 12.9 Å². The first kappa shape index (κ1) is 12.1. The predicted molar refractivity (Wildman–Crippen MR) is 44.0 cm³/mol. The maximum absolute atomic E-state index is 11.8. The molecule has 0 fully saturated rings. The molecule has 0 aromatic heterocycles. The van der Waals surface area contributed by atoms with E-state index in [0.717, 1.165) is 13.2 Å². The van der Waals surface area contributed by atoms with Gasteiger partial charge in [0.2, 0.25) is 0 Å². The highest BCUT2D eigenvalue weighted by atomic mass is 19.4. The van der Waals surface area contributed by atoms with Crippen LogP contribution in [0.1, 0.15) is 13.8 Å². The molecule has 6 heteroatoms. The first-order chi connectivity index (χ1) is 5.69. The Morgan fingerprint density at radius 3 is 2.15 bits per heavy atom. The highest BCUT2D eigenvalue weighted by Crippen LogP contribution is 2.21. The van der Waals surface area contributed by atoms with Gasteiger partial charge in [-0.3, -0.25) is 4.79 Å². The zero-order chi connectivity index (χ0) is 10.7. The van der Waals surface area contributed by atoms with Gasteiger partial charge in [-0.25, -0.2) is 0 Å². The molecule has 0 bridgehead atoms. The minimum atomic E-state index is -4.99. The van der Waals surface area contributed by atoms with Crippen LogP contribution in [0.3, 0.4) is 0 Å². The Balaban J connectivity index is 4.51. The SMILES string of the molecule is COC(=O)C(C)(C)/C=C/[B-](F)(F)F. The summed E-state index contributed by atoms with van der Waals surface area (Å²) in [7, 11) is 1.14. The summed E-state index contributed by atoms with van der Waals surface area (Å²) >= 11 is 0. The van der Waals surface area contributed by atoms with E-state index in [1.54, 1.807) is 0 Å². The second kappa shape index (κ2) is 3.85. The quantitative estimate of drug-likeness (QED) is 0.509.